The molecule has 6 rings (SSSR count). The van der Waals surface area contributed by atoms with Gasteiger partial charge >= 0.3 is 17.9 Å². The van der Waals surface area contributed by atoms with E-state index < -0.39 is 35.3 Å². The highest BCUT2D eigenvalue weighted by Crippen LogP contribution is 2.76. The van der Waals surface area contributed by atoms with Crippen molar-refractivity contribution in [3.05, 3.63) is 33.3 Å². The number of rotatable bonds is 8. The van der Waals surface area contributed by atoms with Crippen LogP contribution < -0.4 is 5.56 Å². The highest BCUT2D eigenvalue weighted by Gasteiger charge is 2.70. The summed E-state index contributed by atoms with van der Waals surface area (Å²) >= 11 is 0. The molecule has 0 spiro atoms. The molecule has 8 atom stereocenters. The first-order valence-electron chi connectivity index (χ1n) is 19.2. The van der Waals surface area contributed by atoms with E-state index in [1.807, 2.05) is 0 Å². The van der Waals surface area contributed by atoms with E-state index in [2.05, 4.69) is 48.5 Å². The normalized spacial score (nSPS) is 37.4. The van der Waals surface area contributed by atoms with E-state index in [-0.39, 0.29) is 57.4 Å². The number of allylic oxidation sites excluding steroid dienone is 2. The maximum atomic E-state index is 14.1. The van der Waals surface area contributed by atoms with Gasteiger partial charge in [-0.1, -0.05) is 48.5 Å². The van der Waals surface area contributed by atoms with Crippen molar-refractivity contribution in [2.45, 2.75) is 145 Å². The Morgan fingerprint density at radius 1 is 0.922 bits per heavy atom. The zero-order chi connectivity index (χ0) is 37.9. The van der Waals surface area contributed by atoms with Gasteiger partial charge in [0.15, 0.2) is 5.78 Å². The van der Waals surface area contributed by atoms with Gasteiger partial charge in [0.25, 0.3) is 5.56 Å². The van der Waals surface area contributed by atoms with Crippen molar-refractivity contribution in [1.82, 2.24) is 9.36 Å². The topological polar surface area (TPSA) is 145 Å². The van der Waals surface area contributed by atoms with E-state index in [0.717, 1.165) is 62.6 Å². The molecule has 1 aromatic rings. The van der Waals surface area contributed by atoms with Gasteiger partial charge in [0.2, 0.25) is 0 Å². The highest BCUT2D eigenvalue weighted by atomic mass is 16.5. The van der Waals surface area contributed by atoms with E-state index in [4.69, 9.17) is 4.74 Å². The van der Waals surface area contributed by atoms with Gasteiger partial charge in [0, 0.05) is 30.4 Å². The van der Waals surface area contributed by atoms with Crippen LogP contribution >= 0.6 is 0 Å². The fourth-order valence-electron chi connectivity index (χ4n) is 13.1. The Labute approximate surface area is 302 Å². The van der Waals surface area contributed by atoms with Gasteiger partial charge in [-0.05, 0) is 116 Å². The zero-order valence-electron chi connectivity index (χ0n) is 32.5. The average molecular weight is 709 g/mol. The molecular formula is C41H60N2O8. The Kier molecular flexibility index (Phi) is 8.79. The molecule has 4 fully saturated rings. The third-order valence-electron chi connectivity index (χ3n) is 15.8. The Morgan fingerprint density at radius 2 is 1.59 bits per heavy atom. The van der Waals surface area contributed by atoms with E-state index in [9.17, 15) is 34.2 Å². The van der Waals surface area contributed by atoms with Gasteiger partial charge in [0.1, 0.15) is 12.6 Å². The predicted molar refractivity (Wildman–Crippen MR) is 192 cm³/mol. The van der Waals surface area contributed by atoms with Crippen molar-refractivity contribution >= 4 is 23.7 Å². The molecule has 51 heavy (non-hydrogen) atoms. The van der Waals surface area contributed by atoms with Crippen LogP contribution in [0.25, 0.3) is 0 Å². The number of hydrogen-bond donors (Lipinski definition) is 2. The Balaban J connectivity index is 1.35. The lowest BCUT2D eigenvalue weighted by Crippen LogP contribution is -2.66. The number of carbonyl (C=O) groups excluding carboxylic acids is 2. The summed E-state index contributed by atoms with van der Waals surface area (Å²) < 4.78 is 9.13. The number of aliphatic carboxylic acids is 2. The third kappa shape index (κ3) is 5.25. The number of nitrogens with zero attached hydrogens (tertiary/aromatic N) is 2. The molecule has 0 aromatic carbocycles. The first-order valence-corrected chi connectivity index (χ1v) is 19.2. The van der Waals surface area contributed by atoms with E-state index >= 15 is 0 Å². The first-order chi connectivity index (χ1) is 23.5. The molecule has 7 unspecified atom stereocenters. The molecule has 0 amide bonds. The zero-order valence-corrected chi connectivity index (χ0v) is 32.5. The number of hydrogen-bond acceptors (Lipinski definition) is 6. The second kappa shape index (κ2) is 11.9. The number of aromatic nitrogens is 2. The Hall–Kier alpha value is -3.17. The van der Waals surface area contributed by atoms with Crippen LogP contribution in [0.5, 0.6) is 0 Å². The molecule has 5 aliphatic rings. The number of esters is 1. The summed E-state index contributed by atoms with van der Waals surface area (Å²) in [5.41, 5.74) is 0.366. The fourth-order valence-corrected chi connectivity index (χ4v) is 13.1. The molecule has 282 valence electrons. The summed E-state index contributed by atoms with van der Waals surface area (Å²) in [5.74, 6) is -1.41. The number of Topliss-reactive ketones (excluding diaryl/α,β-unsaturated/α-hetero) is 1. The van der Waals surface area contributed by atoms with Gasteiger partial charge in [0.05, 0.1) is 17.5 Å². The van der Waals surface area contributed by atoms with Crippen LogP contribution in [0.15, 0.2) is 22.0 Å². The molecule has 0 radical (unpaired) electrons. The van der Waals surface area contributed by atoms with Crippen molar-refractivity contribution in [1.29, 1.82) is 0 Å². The van der Waals surface area contributed by atoms with Crippen molar-refractivity contribution in [3.63, 3.8) is 0 Å². The highest BCUT2D eigenvalue weighted by molar-refractivity contribution is 6.01. The molecule has 10 heteroatoms. The summed E-state index contributed by atoms with van der Waals surface area (Å²) in [6, 6.07) is 1.59. The molecule has 0 saturated heterocycles. The van der Waals surface area contributed by atoms with E-state index in [0.29, 0.717) is 18.3 Å². The summed E-state index contributed by atoms with van der Waals surface area (Å²) in [4.78, 5) is 63.8. The molecular weight excluding hydrogens is 648 g/mol. The number of ketones is 1. The lowest BCUT2D eigenvalue weighted by molar-refractivity contribution is -0.232. The average Bonchev–Trinajstić information content (AvgIpc) is 3.47. The molecule has 1 aromatic heterocycles. The number of carbonyl (C=O) groups is 4. The van der Waals surface area contributed by atoms with Crippen LogP contribution in [0.2, 0.25) is 0 Å². The van der Waals surface area contributed by atoms with Crippen LogP contribution in [-0.2, 0) is 42.9 Å². The van der Waals surface area contributed by atoms with Crippen molar-refractivity contribution in [2.75, 3.05) is 0 Å². The molecule has 5 aliphatic carbocycles. The number of fused-ring (bicyclic) bond motifs is 7. The second-order valence-electron chi connectivity index (χ2n) is 19.3. The molecule has 4 saturated carbocycles. The van der Waals surface area contributed by atoms with Crippen LogP contribution in [0.3, 0.4) is 0 Å². The summed E-state index contributed by atoms with van der Waals surface area (Å²) in [6.07, 6.45) is 7.22. The molecule has 1 heterocycles. The van der Waals surface area contributed by atoms with Gasteiger partial charge < -0.3 is 14.9 Å². The lowest BCUT2D eigenvalue weighted by atomic mass is 9.33. The van der Waals surface area contributed by atoms with Gasteiger partial charge in [-0.25, -0.2) is 4.68 Å². The monoisotopic (exact) mass is 708 g/mol. The van der Waals surface area contributed by atoms with Crippen LogP contribution in [0.1, 0.15) is 132 Å². The quantitative estimate of drug-likeness (QED) is 0.277. The van der Waals surface area contributed by atoms with Gasteiger partial charge in [-0.3, -0.25) is 28.7 Å². The van der Waals surface area contributed by atoms with Crippen molar-refractivity contribution < 1.29 is 34.1 Å². The lowest BCUT2D eigenvalue weighted by Gasteiger charge is -2.72. The van der Waals surface area contributed by atoms with Crippen LogP contribution in [0, 0.1) is 50.7 Å². The largest absolute Gasteiger partial charge is 0.481 e. The molecule has 0 bridgehead atoms. The minimum Gasteiger partial charge on any atom is -0.481 e. The SMILES string of the molecule is CC(C)C1=C2C3CCC4C5(C)CCC(OC(=O)CC(C)(C)C(=O)O)C(C)(C)C5CCC4(C)[C@]3(C)CCC2(c2cc(=O)n(CC(=O)O)n2C)CC1=O. The summed E-state index contributed by atoms with van der Waals surface area (Å²) in [5, 5.41) is 19.2. The van der Waals surface area contributed by atoms with E-state index in [1.165, 1.54) is 10.3 Å². The maximum Gasteiger partial charge on any atom is 0.325 e. The fraction of sp³-hybridized carbons (Fsp3) is 0.780. The van der Waals surface area contributed by atoms with Crippen LogP contribution in [0.4, 0.5) is 0 Å². The third-order valence-corrected chi connectivity index (χ3v) is 15.8. The second-order valence-corrected chi connectivity index (χ2v) is 19.3. The predicted octanol–water partition coefficient (Wildman–Crippen LogP) is 6.92. The first kappa shape index (κ1) is 37.6. The number of ether oxygens (including phenoxy) is 1. The smallest absolute Gasteiger partial charge is 0.325 e. The van der Waals surface area contributed by atoms with Crippen molar-refractivity contribution in [3.8, 4) is 0 Å². The Bertz CT molecular complexity index is 1760. The van der Waals surface area contributed by atoms with Crippen molar-refractivity contribution in [2.24, 2.45) is 57.8 Å². The summed E-state index contributed by atoms with van der Waals surface area (Å²) in [6.45, 7) is 18.8. The molecule has 0 aliphatic heterocycles. The number of carboxylic acids is 2. The van der Waals surface area contributed by atoms with E-state index in [1.54, 1.807) is 31.6 Å². The summed E-state index contributed by atoms with van der Waals surface area (Å²) in [7, 11) is 1.76. The van der Waals surface area contributed by atoms with Crippen LogP contribution in [-0.4, -0.2) is 49.4 Å². The number of carboxylic acid groups (broad SMARTS) is 2. The maximum absolute atomic E-state index is 14.1. The molecule has 10 nitrogen and oxygen atoms in total. The minimum absolute atomic E-state index is 0.0136. The Morgan fingerprint density at radius 3 is 2.20 bits per heavy atom. The van der Waals surface area contributed by atoms with Gasteiger partial charge in [-0.15, -0.1) is 0 Å². The minimum atomic E-state index is -1.19. The molecule has 2 N–H and O–H groups in total. The standard InChI is InChI=1S/C41H60N2O8/c1-23(2)33-25(44)20-41(28-19-30(45)43(42(28)10)22-31(46)47)18-17-39(8)24(34(33)41)11-12-27-38(7)15-14-29(51-32(48)21-36(3,4)35(49)50)37(5,6)26(38)13-16-40(27,39)9/h19,23-24,26-27,29H,11-18,20-22H2,1-10H3,(H,46,47)(H,49,50)/t24?,26?,27?,29?,38?,39-,40?,41?/m1/s1. The van der Waals surface area contributed by atoms with Gasteiger partial charge in [-0.2, -0.15) is 0 Å².